The number of phenols is 1. The zero-order chi connectivity index (χ0) is 26.7. The van der Waals surface area contributed by atoms with Gasteiger partial charge in [0, 0.05) is 12.8 Å². The molecule has 0 aliphatic rings. The predicted octanol–water partition coefficient (Wildman–Crippen LogP) is -1.84. The summed E-state index contributed by atoms with van der Waals surface area (Å²) in [7, 11) is 0. The lowest BCUT2D eigenvalue weighted by Crippen LogP contribution is -2.57. The zero-order valence-electron chi connectivity index (χ0n) is 18.8. The second-order valence-electron chi connectivity index (χ2n) is 7.71. The minimum atomic E-state index is -1.74. The molecule has 0 radical (unpaired) electrons. The number of hydrogen-bond donors (Lipinski definition) is 8. The first-order valence-corrected chi connectivity index (χ1v) is 10.4. The first kappa shape index (κ1) is 28.8. The Balaban J connectivity index is 3.02. The molecule has 3 amide bonds. The molecule has 0 aliphatic carbocycles. The van der Waals surface area contributed by atoms with E-state index in [1.54, 1.807) is 0 Å². The molecule has 0 aromatic heterocycles. The fraction of sp³-hybridized carbons (Fsp3) is 0.429. The smallest absolute Gasteiger partial charge is 0.326 e. The molecular formula is C21H28N4O10. The fourth-order valence-electron chi connectivity index (χ4n) is 2.84. The van der Waals surface area contributed by atoms with Crippen molar-refractivity contribution in [2.75, 3.05) is 0 Å². The third kappa shape index (κ3) is 10.5. The van der Waals surface area contributed by atoms with Crippen LogP contribution in [0.4, 0.5) is 0 Å². The molecular weight excluding hydrogens is 468 g/mol. The van der Waals surface area contributed by atoms with Crippen molar-refractivity contribution in [3.8, 4) is 5.75 Å². The van der Waals surface area contributed by atoms with E-state index in [-0.39, 0.29) is 18.6 Å². The lowest BCUT2D eigenvalue weighted by Gasteiger charge is -2.24. The van der Waals surface area contributed by atoms with Gasteiger partial charge in [-0.25, -0.2) is 4.79 Å². The highest BCUT2D eigenvalue weighted by molar-refractivity contribution is 5.95. The maximum absolute atomic E-state index is 12.7. The summed E-state index contributed by atoms with van der Waals surface area (Å²) < 4.78 is 0. The van der Waals surface area contributed by atoms with E-state index in [1.807, 2.05) is 0 Å². The summed E-state index contributed by atoms with van der Waals surface area (Å²) in [6.45, 7) is 1.32. The van der Waals surface area contributed by atoms with Gasteiger partial charge in [0.15, 0.2) is 0 Å². The number of carboxylic acid groups (broad SMARTS) is 3. The van der Waals surface area contributed by atoms with Gasteiger partial charge in [-0.05, 0) is 31.0 Å². The monoisotopic (exact) mass is 496 g/mol. The predicted molar refractivity (Wildman–Crippen MR) is 118 cm³/mol. The molecule has 0 spiro atoms. The van der Waals surface area contributed by atoms with Gasteiger partial charge in [0.1, 0.15) is 23.9 Å². The number of nitrogens with one attached hydrogen (secondary N) is 3. The van der Waals surface area contributed by atoms with Gasteiger partial charge in [-0.1, -0.05) is 12.1 Å². The Morgan fingerprint density at radius 2 is 1.31 bits per heavy atom. The minimum absolute atomic E-state index is 0.0533. The summed E-state index contributed by atoms with van der Waals surface area (Å²) in [5, 5.41) is 43.3. The summed E-state index contributed by atoms with van der Waals surface area (Å²) in [6.07, 6.45) is -2.03. The highest BCUT2D eigenvalue weighted by Crippen LogP contribution is 2.12. The van der Waals surface area contributed by atoms with E-state index in [9.17, 15) is 39.0 Å². The molecule has 14 nitrogen and oxygen atoms in total. The third-order valence-corrected chi connectivity index (χ3v) is 4.70. The quantitative estimate of drug-likeness (QED) is 0.142. The van der Waals surface area contributed by atoms with Crippen molar-refractivity contribution in [1.82, 2.24) is 16.0 Å². The van der Waals surface area contributed by atoms with E-state index in [4.69, 9.17) is 15.9 Å². The molecule has 1 aromatic carbocycles. The number of aliphatic carboxylic acids is 3. The van der Waals surface area contributed by atoms with Crippen LogP contribution in [0.1, 0.15) is 31.7 Å². The van der Waals surface area contributed by atoms with Gasteiger partial charge < -0.3 is 42.1 Å². The molecule has 0 bridgehead atoms. The Labute approximate surface area is 199 Å². The van der Waals surface area contributed by atoms with Crippen LogP contribution in [0.5, 0.6) is 5.75 Å². The summed E-state index contributed by atoms with van der Waals surface area (Å²) in [5.74, 6) is -7.20. The number of carbonyl (C=O) groups excluding carboxylic acids is 3. The maximum Gasteiger partial charge on any atom is 0.326 e. The van der Waals surface area contributed by atoms with Crippen LogP contribution in [0.15, 0.2) is 24.3 Å². The van der Waals surface area contributed by atoms with Gasteiger partial charge >= 0.3 is 17.9 Å². The number of carbonyl (C=O) groups is 6. The van der Waals surface area contributed by atoms with E-state index >= 15 is 0 Å². The molecule has 1 aromatic rings. The van der Waals surface area contributed by atoms with Crippen molar-refractivity contribution in [3.63, 3.8) is 0 Å². The number of hydrogen-bond acceptors (Lipinski definition) is 8. The van der Waals surface area contributed by atoms with Gasteiger partial charge in [0.25, 0.3) is 0 Å². The average Bonchev–Trinajstić information content (AvgIpc) is 2.76. The van der Waals surface area contributed by atoms with E-state index in [0.717, 1.165) is 0 Å². The molecule has 1 rings (SSSR count). The molecule has 35 heavy (non-hydrogen) atoms. The summed E-state index contributed by atoms with van der Waals surface area (Å²) in [4.78, 5) is 71.1. The summed E-state index contributed by atoms with van der Waals surface area (Å²) in [6, 6.07) is -0.217. The molecule has 0 saturated carbocycles. The Morgan fingerprint density at radius 3 is 1.80 bits per heavy atom. The van der Waals surface area contributed by atoms with Gasteiger partial charge in [-0.2, -0.15) is 0 Å². The third-order valence-electron chi connectivity index (χ3n) is 4.70. The number of rotatable bonds is 14. The number of nitrogens with two attached hydrogens (primary N) is 1. The molecule has 9 N–H and O–H groups in total. The summed E-state index contributed by atoms with van der Waals surface area (Å²) in [5.41, 5.74) is 5.89. The normalized spacial score (nSPS) is 14.0. The van der Waals surface area contributed by atoms with Crippen LogP contribution >= 0.6 is 0 Å². The lowest BCUT2D eigenvalue weighted by atomic mass is 10.0. The maximum atomic E-state index is 12.7. The number of amides is 3. The molecule has 0 fully saturated rings. The minimum Gasteiger partial charge on any atom is -0.508 e. The number of aromatic hydroxyl groups is 1. The van der Waals surface area contributed by atoms with E-state index < -0.39 is 72.6 Å². The lowest BCUT2D eigenvalue weighted by molar-refractivity contribution is -0.143. The molecule has 0 aliphatic heterocycles. The van der Waals surface area contributed by atoms with Crippen LogP contribution in [0, 0.1) is 0 Å². The van der Waals surface area contributed by atoms with Crippen molar-refractivity contribution in [2.45, 2.75) is 56.8 Å². The highest BCUT2D eigenvalue weighted by Gasteiger charge is 2.31. The Morgan fingerprint density at radius 1 is 0.800 bits per heavy atom. The first-order chi connectivity index (χ1) is 16.3. The Bertz CT molecular complexity index is 948. The van der Waals surface area contributed by atoms with Crippen molar-refractivity contribution >= 4 is 35.6 Å². The number of benzene rings is 1. The largest absolute Gasteiger partial charge is 0.508 e. The number of phenolic OH excluding ortho intramolecular Hbond substituents is 1. The second-order valence-corrected chi connectivity index (χ2v) is 7.71. The first-order valence-electron chi connectivity index (χ1n) is 10.4. The van der Waals surface area contributed by atoms with Gasteiger partial charge in [0.05, 0.1) is 12.5 Å². The fourth-order valence-corrected chi connectivity index (χ4v) is 2.84. The van der Waals surface area contributed by atoms with Crippen molar-refractivity contribution in [3.05, 3.63) is 29.8 Å². The van der Waals surface area contributed by atoms with E-state index in [0.29, 0.717) is 5.56 Å². The summed E-state index contributed by atoms with van der Waals surface area (Å²) >= 11 is 0. The van der Waals surface area contributed by atoms with Crippen molar-refractivity contribution in [2.24, 2.45) is 5.73 Å². The van der Waals surface area contributed by atoms with E-state index in [2.05, 4.69) is 16.0 Å². The van der Waals surface area contributed by atoms with Crippen LogP contribution in [0.3, 0.4) is 0 Å². The molecule has 192 valence electrons. The van der Waals surface area contributed by atoms with Crippen LogP contribution in [-0.4, -0.2) is 80.2 Å². The van der Waals surface area contributed by atoms with Crippen LogP contribution in [0.25, 0.3) is 0 Å². The van der Waals surface area contributed by atoms with Crippen molar-refractivity contribution in [1.29, 1.82) is 0 Å². The van der Waals surface area contributed by atoms with Crippen LogP contribution in [-0.2, 0) is 35.2 Å². The molecule has 4 unspecified atom stereocenters. The molecule has 4 atom stereocenters. The Hall–Kier alpha value is -4.20. The van der Waals surface area contributed by atoms with Gasteiger partial charge in [-0.3, -0.25) is 24.0 Å². The number of carboxylic acids is 3. The Kier molecular flexibility index (Phi) is 11.1. The zero-order valence-corrected chi connectivity index (χ0v) is 18.8. The second kappa shape index (κ2) is 13.5. The van der Waals surface area contributed by atoms with Crippen molar-refractivity contribution < 1.29 is 49.2 Å². The van der Waals surface area contributed by atoms with E-state index in [1.165, 1.54) is 31.2 Å². The standard InChI is InChI=1S/C21H28N4O10/c1-10(22)18(31)23-13(6-7-16(27)28)19(32)24-14(9-17(29)30)20(33)25-15(21(34)35)8-11-2-4-12(26)5-3-11/h2-5,10,13-15,26H,6-9,22H2,1H3,(H,23,31)(H,24,32)(H,25,33)(H,27,28)(H,29,30)(H,34,35). The van der Waals surface area contributed by atoms with Gasteiger partial charge in [0.2, 0.25) is 17.7 Å². The van der Waals surface area contributed by atoms with Gasteiger partial charge in [-0.15, -0.1) is 0 Å². The highest BCUT2D eigenvalue weighted by atomic mass is 16.4. The molecule has 0 saturated heterocycles. The molecule has 14 heteroatoms. The topological polar surface area (TPSA) is 245 Å². The van der Waals surface area contributed by atoms with Crippen LogP contribution in [0.2, 0.25) is 0 Å². The average molecular weight is 496 g/mol. The SMILES string of the molecule is CC(N)C(=O)NC(CCC(=O)O)C(=O)NC(CC(=O)O)C(=O)NC(Cc1ccc(O)cc1)C(=O)O. The van der Waals surface area contributed by atoms with Crippen LogP contribution < -0.4 is 21.7 Å². The molecule has 0 heterocycles.